The zero-order valence-electron chi connectivity index (χ0n) is 9.88. The van der Waals surface area contributed by atoms with Crippen molar-refractivity contribution in [1.82, 2.24) is 10.2 Å². The van der Waals surface area contributed by atoms with Gasteiger partial charge in [0, 0.05) is 27.7 Å². The van der Waals surface area contributed by atoms with Gasteiger partial charge >= 0.3 is 12.0 Å². The molecule has 6 nitrogen and oxygen atoms in total. The maximum absolute atomic E-state index is 11.9. The summed E-state index contributed by atoms with van der Waals surface area (Å²) in [5.74, 6) is -1.09. The van der Waals surface area contributed by atoms with Crippen molar-refractivity contribution >= 4 is 39.3 Å². The first-order valence-corrected chi connectivity index (χ1v) is 7.33. The Kier molecular flexibility index (Phi) is 4.43. The number of β-amino-alcohol motifs (C(OH)–C–C–N with tert-alkyl or cyclic N) is 1. The van der Waals surface area contributed by atoms with E-state index in [4.69, 9.17) is 5.11 Å². The summed E-state index contributed by atoms with van der Waals surface area (Å²) in [5.41, 5.74) is 0. The highest BCUT2D eigenvalue weighted by Crippen LogP contribution is 2.21. The Hall–Kier alpha value is -1.12. The summed E-state index contributed by atoms with van der Waals surface area (Å²) in [6, 6.07) is 0.469. The summed E-state index contributed by atoms with van der Waals surface area (Å²) >= 11 is 4.81. The number of carbonyl (C=O) groups excluding carboxylic acids is 1. The highest BCUT2D eigenvalue weighted by Gasteiger charge is 2.38. The number of nitrogens with zero attached hydrogens (tertiary/aromatic N) is 1. The summed E-state index contributed by atoms with van der Waals surface area (Å²) in [4.78, 5) is 25.0. The highest BCUT2D eigenvalue weighted by atomic mass is 79.9. The lowest BCUT2D eigenvalue weighted by atomic mass is 10.2. The third-order valence-corrected chi connectivity index (χ3v) is 4.56. The van der Waals surface area contributed by atoms with Crippen molar-refractivity contribution < 1.29 is 19.8 Å². The molecule has 2 atom stereocenters. The summed E-state index contributed by atoms with van der Waals surface area (Å²) in [6.45, 7) is 0.394. The highest BCUT2D eigenvalue weighted by molar-refractivity contribution is 9.10. The van der Waals surface area contributed by atoms with Crippen LogP contribution in [0.5, 0.6) is 0 Å². The Morgan fingerprint density at radius 1 is 1.58 bits per heavy atom. The van der Waals surface area contributed by atoms with Crippen LogP contribution in [0.15, 0.2) is 15.9 Å². The third-order valence-electron chi connectivity index (χ3n) is 2.86. The number of aliphatic hydroxyl groups excluding tert-OH is 1. The lowest BCUT2D eigenvalue weighted by Crippen LogP contribution is -2.45. The molecule has 1 aromatic heterocycles. The number of hydrogen-bond acceptors (Lipinski definition) is 4. The van der Waals surface area contributed by atoms with Crippen LogP contribution in [0.3, 0.4) is 0 Å². The molecule has 8 heteroatoms. The number of carboxylic acids is 1. The molecule has 0 aliphatic carbocycles. The fourth-order valence-corrected chi connectivity index (χ4v) is 3.37. The second-order valence-electron chi connectivity index (χ2n) is 4.29. The van der Waals surface area contributed by atoms with Gasteiger partial charge in [-0.25, -0.2) is 9.59 Å². The first-order chi connectivity index (χ1) is 8.97. The van der Waals surface area contributed by atoms with Gasteiger partial charge in [0.15, 0.2) is 0 Å². The van der Waals surface area contributed by atoms with Crippen LogP contribution in [0.2, 0.25) is 0 Å². The molecule has 2 amide bonds. The van der Waals surface area contributed by atoms with E-state index in [-0.39, 0.29) is 13.0 Å². The number of amides is 2. The normalized spacial score (nSPS) is 22.5. The van der Waals surface area contributed by atoms with E-state index in [1.165, 1.54) is 11.3 Å². The van der Waals surface area contributed by atoms with Crippen LogP contribution in [-0.4, -0.2) is 45.8 Å². The van der Waals surface area contributed by atoms with Crippen molar-refractivity contribution in [2.24, 2.45) is 0 Å². The molecule has 1 aliphatic rings. The minimum Gasteiger partial charge on any atom is -0.480 e. The number of aliphatic carboxylic acids is 1. The number of carboxylic acid groups (broad SMARTS) is 1. The van der Waals surface area contributed by atoms with E-state index in [0.717, 1.165) is 14.2 Å². The quantitative estimate of drug-likeness (QED) is 0.766. The monoisotopic (exact) mass is 348 g/mol. The van der Waals surface area contributed by atoms with Crippen LogP contribution < -0.4 is 5.32 Å². The van der Waals surface area contributed by atoms with Crippen LogP contribution >= 0.6 is 27.3 Å². The summed E-state index contributed by atoms with van der Waals surface area (Å²) in [5, 5.41) is 23.0. The van der Waals surface area contributed by atoms with Crippen LogP contribution in [-0.2, 0) is 11.3 Å². The molecule has 0 unspecified atom stereocenters. The maximum Gasteiger partial charge on any atom is 0.326 e. The molecule has 0 spiro atoms. The fraction of sp³-hybridized carbons (Fsp3) is 0.455. The Bertz CT molecular complexity index is 493. The molecule has 0 saturated carbocycles. The van der Waals surface area contributed by atoms with Crippen LogP contribution in [0.1, 0.15) is 11.3 Å². The van der Waals surface area contributed by atoms with Gasteiger partial charge in [-0.05, 0) is 22.0 Å². The zero-order valence-corrected chi connectivity index (χ0v) is 12.3. The fourth-order valence-electron chi connectivity index (χ4n) is 1.98. The van der Waals surface area contributed by atoms with Crippen molar-refractivity contribution in [2.75, 3.05) is 6.54 Å². The van der Waals surface area contributed by atoms with Gasteiger partial charge < -0.3 is 20.4 Å². The Balaban J connectivity index is 1.93. The topological polar surface area (TPSA) is 89.9 Å². The SMILES string of the molecule is O=C(O)[C@H]1C[C@@H](O)CN1C(=O)NCc1cc(Br)cs1. The molecule has 1 saturated heterocycles. The number of aliphatic hydroxyl groups is 1. The van der Waals surface area contributed by atoms with Gasteiger partial charge in [-0.2, -0.15) is 0 Å². The summed E-state index contributed by atoms with van der Waals surface area (Å²) in [6.07, 6.45) is -0.699. The Morgan fingerprint density at radius 2 is 2.32 bits per heavy atom. The van der Waals surface area contributed by atoms with Crippen molar-refractivity contribution in [2.45, 2.75) is 25.1 Å². The minimum absolute atomic E-state index is 0.0525. The van der Waals surface area contributed by atoms with Gasteiger partial charge in [0.25, 0.3) is 0 Å². The van der Waals surface area contributed by atoms with E-state index in [1.54, 1.807) is 0 Å². The molecule has 1 aromatic rings. The van der Waals surface area contributed by atoms with Crippen LogP contribution in [0.25, 0.3) is 0 Å². The molecule has 19 heavy (non-hydrogen) atoms. The van der Waals surface area contributed by atoms with Crippen LogP contribution in [0.4, 0.5) is 4.79 Å². The lowest BCUT2D eigenvalue weighted by Gasteiger charge is -2.21. The number of carbonyl (C=O) groups is 2. The number of urea groups is 1. The van der Waals surface area contributed by atoms with E-state index in [9.17, 15) is 14.7 Å². The molecule has 2 rings (SSSR count). The van der Waals surface area contributed by atoms with Gasteiger partial charge in [0.05, 0.1) is 12.6 Å². The van der Waals surface area contributed by atoms with Crippen molar-refractivity contribution in [3.05, 3.63) is 20.8 Å². The van der Waals surface area contributed by atoms with E-state index < -0.39 is 24.1 Å². The number of likely N-dealkylation sites (tertiary alicyclic amines) is 1. The Labute approximate surface area is 122 Å². The number of rotatable bonds is 3. The summed E-state index contributed by atoms with van der Waals surface area (Å²) < 4.78 is 0.946. The molecule has 3 N–H and O–H groups in total. The number of nitrogens with one attached hydrogen (secondary N) is 1. The van der Waals surface area contributed by atoms with Crippen molar-refractivity contribution in [3.8, 4) is 0 Å². The molecule has 0 bridgehead atoms. The second kappa shape index (κ2) is 5.89. The zero-order chi connectivity index (χ0) is 14.0. The second-order valence-corrected chi connectivity index (χ2v) is 6.20. The lowest BCUT2D eigenvalue weighted by molar-refractivity contribution is -0.141. The molecule has 1 aliphatic heterocycles. The predicted molar refractivity (Wildman–Crippen MR) is 73.0 cm³/mol. The van der Waals surface area contributed by atoms with E-state index in [1.807, 2.05) is 11.4 Å². The van der Waals surface area contributed by atoms with Crippen LogP contribution in [0, 0.1) is 0 Å². The smallest absolute Gasteiger partial charge is 0.326 e. The van der Waals surface area contributed by atoms with E-state index in [2.05, 4.69) is 21.2 Å². The average Bonchev–Trinajstić information content (AvgIpc) is 2.92. The van der Waals surface area contributed by atoms with Gasteiger partial charge in [0.1, 0.15) is 6.04 Å². The van der Waals surface area contributed by atoms with Gasteiger partial charge in [-0.1, -0.05) is 0 Å². The first kappa shape index (κ1) is 14.3. The third kappa shape index (κ3) is 3.46. The van der Waals surface area contributed by atoms with Gasteiger partial charge in [-0.3, -0.25) is 0 Å². The van der Waals surface area contributed by atoms with Gasteiger partial charge in [-0.15, -0.1) is 11.3 Å². The van der Waals surface area contributed by atoms with Crippen molar-refractivity contribution in [1.29, 1.82) is 0 Å². The largest absolute Gasteiger partial charge is 0.480 e. The molecular formula is C11H13BrN2O4S. The maximum atomic E-state index is 11.9. The van der Waals surface area contributed by atoms with Gasteiger partial charge in [0.2, 0.25) is 0 Å². The molecule has 1 fully saturated rings. The van der Waals surface area contributed by atoms with Crippen molar-refractivity contribution in [3.63, 3.8) is 0 Å². The average molecular weight is 349 g/mol. The first-order valence-electron chi connectivity index (χ1n) is 5.65. The Morgan fingerprint density at radius 3 is 2.89 bits per heavy atom. The molecule has 0 aromatic carbocycles. The number of halogens is 1. The standard InChI is InChI=1S/C11H13BrN2O4S/c12-6-1-8(19-5-6)3-13-11(18)14-4-7(15)2-9(14)10(16)17/h1,5,7,9,15H,2-4H2,(H,13,18)(H,16,17)/t7-,9-/m1/s1. The minimum atomic E-state index is -1.09. The number of hydrogen-bond donors (Lipinski definition) is 3. The van der Waals surface area contributed by atoms with E-state index >= 15 is 0 Å². The number of thiophene rings is 1. The molecule has 0 radical (unpaired) electrons. The van der Waals surface area contributed by atoms with E-state index in [0.29, 0.717) is 6.54 Å². The molecule has 2 heterocycles. The molecule has 104 valence electrons. The predicted octanol–water partition coefficient (Wildman–Crippen LogP) is 1.24. The molecular weight excluding hydrogens is 336 g/mol. The summed E-state index contributed by atoms with van der Waals surface area (Å²) in [7, 11) is 0.